The largest absolute Gasteiger partial charge is 0.382 e. The number of nitrogen functional groups attached to an aromatic ring is 1. The number of hydrogen-bond acceptors (Lipinski definition) is 3. The van der Waals surface area contributed by atoms with Crippen molar-refractivity contribution >= 4 is 21.7 Å². The zero-order valence-electron chi connectivity index (χ0n) is 7.31. The summed E-state index contributed by atoms with van der Waals surface area (Å²) in [6, 6.07) is 7.78. The molecule has 0 unspecified atom stereocenters. The van der Waals surface area contributed by atoms with Crippen LogP contribution in [0.1, 0.15) is 0 Å². The molecule has 1 aromatic carbocycles. The second-order valence-corrected chi connectivity index (χ2v) is 3.62. The normalized spacial score (nSPS) is 10.1. The van der Waals surface area contributed by atoms with E-state index >= 15 is 0 Å². The topological polar surface area (TPSA) is 51.8 Å². The minimum absolute atomic E-state index is 0.444. The molecule has 1 aromatic heterocycles. The maximum atomic E-state index is 5.73. The lowest BCUT2D eigenvalue weighted by Gasteiger charge is -2.04. The van der Waals surface area contributed by atoms with Gasteiger partial charge in [0.15, 0.2) is 0 Å². The molecule has 0 saturated heterocycles. The second kappa shape index (κ2) is 3.75. The Bertz CT molecular complexity index is 413. The first-order valence-electron chi connectivity index (χ1n) is 4.10. The molecule has 0 aliphatic rings. The average Bonchev–Trinajstić information content (AvgIpc) is 2.20. The summed E-state index contributed by atoms with van der Waals surface area (Å²) in [6.07, 6.45) is 3.21. The number of halogens is 1. The number of rotatable bonds is 1. The lowest BCUT2D eigenvalue weighted by atomic mass is 10.1. The first-order valence-corrected chi connectivity index (χ1v) is 4.89. The predicted octanol–water partition coefficient (Wildman–Crippen LogP) is 2.49. The lowest BCUT2D eigenvalue weighted by molar-refractivity contribution is 1.21. The third-order valence-corrected chi connectivity index (χ3v) is 2.55. The number of hydrogen-bond donors (Lipinski definition) is 1. The van der Waals surface area contributed by atoms with E-state index < -0.39 is 0 Å². The second-order valence-electron chi connectivity index (χ2n) is 2.77. The number of anilines is 1. The molecule has 2 N–H and O–H groups in total. The molecule has 0 spiro atoms. The Hall–Kier alpha value is -1.42. The Morgan fingerprint density at radius 3 is 2.50 bits per heavy atom. The first kappa shape index (κ1) is 9.15. The van der Waals surface area contributed by atoms with Gasteiger partial charge in [0.05, 0.1) is 0 Å². The molecule has 0 fully saturated rings. The van der Waals surface area contributed by atoms with E-state index in [2.05, 4.69) is 25.9 Å². The molecule has 0 amide bonds. The van der Waals surface area contributed by atoms with E-state index in [0.29, 0.717) is 11.5 Å². The summed E-state index contributed by atoms with van der Waals surface area (Å²) in [7, 11) is 0. The maximum Gasteiger partial charge on any atom is 0.150 e. The van der Waals surface area contributed by atoms with Gasteiger partial charge in [0, 0.05) is 22.4 Å². The number of nitrogens with two attached hydrogens (primary N) is 1. The van der Waals surface area contributed by atoms with Gasteiger partial charge in [-0.05, 0) is 6.07 Å². The van der Waals surface area contributed by atoms with Crippen molar-refractivity contribution in [2.75, 3.05) is 5.73 Å². The van der Waals surface area contributed by atoms with Gasteiger partial charge < -0.3 is 5.73 Å². The van der Waals surface area contributed by atoms with Crippen molar-refractivity contribution in [3.63, 3.8) is 0 Å². The first-order chi connectivity index (χ1) is 6.79. The van der Waals surface area contributed by atoms with Crippen LogP contribution in [0.5, 0.6) is 0 Å². The van der Waals surface area contributed by atoms with Crippen molar-refractivity contribution in [3.8, 4) is 11.3 Å². The third-order valence-electron chi connectivity index (χ3n) is 1.86. The molecular weight excluding hydrogens is 242 g/mol. The molecule has 0 bridgehead atoms. The monoisotopic (exact) mass is 249 g/mol. The molecule has 4 heteroatoms. The van der Waals surface area contributed by atoms with Crippen LogP contribution in [-0.2, 0) is 0 Å². The van der Waals surface area contributed by atoms with Gasteiger partial charge in [-0.25, -0.2) is 4.98 Å². The van der Waals surface area contributed by atoms with Crippen molar-refractivity contribution in [2.24, 2.45) is 0 Å². The minimum atomic E-state index is 0.444. The van der Waals surface area contributed by atoms with E-state index in [1.54, 1.807) is 12.4 Å². The Kier molecular flexibility index (Phi) is 2.45. The lowest BCUT2D eigenvalue weighted by Crippen LogP contribution is -1.96. The fourth-order valence-electron chi connectivity index (χ4n) is 1.21. The van der Waals surface area contributed by atoms with Gasteiger partial charge >= 0.3 is 0 Å². The van der Waals surface area contributed by atoms with E-state index in [1.165, 1.54) is 0 Å². The van der Waals surface area contributed by atoms with Crippen LogP contribution in [0, 0.1) is 0 Å². The molecular formula is C10H8BrN3. The fourth-order valence-corrected chi connectivity index (χ4v) is 1.68. The van der Waals surface area contributed by atoms with Crippen LogP contribution in [0.25, 0.3) is 11.3 Å². The Balaban J connectivity index is 2.61. The average molecular weight is 250 g/mol. The highest BCUT2D eigenvalue weighted by atomic mass is 79.9. The molecule has 2 rings (SSSR count). The minimum Gasteiger partial charge on any atom is -0.382 e. The van der Waals surface area contributed by atoms with E-state index in [-0.39, 0.29) is 0 Å². The number of nitrogens with zero attached hydrogens (tertiary/aromatic N) is 2. The van der Waals surface area contributed by atoms with E-state index in [1.807, 2.05) is 24.3 Å². The Morgan fingerprint density at radius 2 is 1.79 bits per heavy atom. The highest BCUT2D eigenvalue weighted by Gasteiger charge is 2.06. The Labute approximate surface area is 90.1 Å². The molecule has 0 saturated carbocycles. The summed E-state index contributed by atoms with van der Waals surface area (Å²) in [5.41, 5.74) is 7.39. The summed E-state index contributed by atoms with van der Waals surface area (Å²) in [5.74, 6) is 0.444. The van der Waals surface area contributed by atoms with Gasteiger partial charge in [-0.3, -0.25) is 4.98 Å². The summed E-state index contributed by atoms with van der Waals surface area (Å²) in [5, 5.41) is 0. The highest BCUT2D eigenvalue weighted by molar-refractivity contribution is 9.10. The Morgan fingerprint density at radius 1 is 1.07 bits per heavy atom. The maximum absolute atomic E-state index is 5.73. The molecule has 2 aromatic rings. The predicted molar refractivity (Wildman–Crippen MR) is 59.6 cm³/mol. The van der Waals surface area contributed by atoms with Gasteiger partial charge in [-0.15, -0.1) is 0 Å². The van der Waals surface area contributed by atoms with Crippen LogP contribution in [-0.4, -0.2) is 9.97 Å². The number of benzene rings is 1. The summed E-state index contributed by atoms with van der Waals surface area (Å²) in [4.78, 5) is 8.18. The molecule has 14 heavy (non-hydrogen) atoms. The van der Waals surface area contributed by atoms with Crippen molar-refractivity contribution in [1.82, 2.24) is 9.97 Å². The van der Waals surface area contributed by atoms with Crippen molar-refractivity contribution in [1.29, 1.82) is 0 Å². The third kappa shape index (κ3) is 1.61. The standard InChI is InChI=1S/C10H8BrN3/c11-8-4-2-1-3-7(8)9-10(12)14-6-5-13-9/h1-6H,(H2,12,14). The zero-order chi connectivity index (χ0) is 9.97. The highest BCUT2D eigenvalue weighted by Crippen LogP contribution is 2.28. The molecule has 0 aliphatic heterocycles. The van der Waals surface area contributed by atoms with Gasteiger partial charge in [0.25, 0.3) is 0 Å². The van der Waals surface area contributed by atoms with E-state index in [9.17, 15) is 0 Å². The molecule has 0 aliphatic carbocycles. The smallest absolute Gasteiger partial charge is 0.150 e. The van der Waals surface area contributed by atoms with Gasteiger partial charge in [0.2, 0.25) is 0 Å². The van der Waals surface area contributed by atoms with Crippen LogP contribution < -0.4 is 5.73 Å². The molecule has 0 atom stereocenters. The summed E-state index contributed by atoms with van der Waals surface area (Å²) < 4.78 is 0.965. The number of aromatic nitrogens is 2. The zero-order valence-corrected chi connectivity index (χ0v) is 8.90. The fraction of sp³-hybridized carbons (Fsp3) is 0. The van der Waals surface area contributed by atoms with Crippen LogP contribution >= 0.6 is 15.9 Å². The van der Waals surface area contributed by atoms with E-state index in [0.717, 1.165) is 10.0 Å². The molecule has 0 radical (unpaired) electrons. The quantitative estimate of drug-likeness (QED) is 0.845. The summed E-state index contributed by atoms with van der Waals surface area (Å²) >= 11 is 3.44. The SMILES string of the molecule is Nc1nccnc1-c1ccccc1Br. The van der Waals surface area contributed by atoms with Gasteiger partial charge in [-0.1, -0.05) is 34.1 Å². The van der Waals surface area contributed by atoms with Gasteiger partial charge in [-0.2, -0.15) is 0 Å². The van der Waals surface area contributed by atoms with Crippen molar-refractivity contribution in [3.05, 3.63) is 41.1 Å². The van der Waals surface area contributed by atoms with Crippen LogP contribution in [0.2, 0.25) is 0 Å². The van der Waals surface area contributed by atoms with Crippen molar-refractivity contribution in [2.45, 2.75) is 0 Å². The molecule has 1 heterocycles. The van der Waals surface area contributed by atoms with E-state index in [4.69, 9.17) is 5.73 Å². The van der Waals surface area contributed by atoms with Crippen LogP contribution in [0.4, 0.5) is 5.82 Å². The molecule has 70 valence electrons. The molecule has 3 nitrogen and oxygen atoms in total. The van der Waals surface area contributed by atoms with Gasteiger partial charge in [0.1, 0.15) is 11.5 Å². The summed E-state index contributed by atoms with van der Waals surface area (Å²) in [6.45, 7) is 0. The van der Waals surface area contributed by atoms with Crippen LogP contribution in [0.3, 0.4) is 0 Å². The van der Waals surface area contributed by atoms with Crippen LogP contribution in [0.15, 0.2) is 41.1 Å². The van der Waals surface area contributed by atoms with Crippen molar-refractivity contribution < 1.29 is 0 Å².